The van der Waals surface area contributed by atoms with E-state index in [1.807, 2.05) is 33.9 Å². The molecule has 0 fully saturated rings. The molecule has 1 rings (SSSR count). The smallest absolute Gasteiger partial charge is 0.226 e. The molecule has 0 saturated carbocycles. The van der Waals surface area contributed by atoms with E-state index in [0.29, 0.717) is 0 Å². The maximum atomic E-state index is 13.3. The number of nitrogens with zero attached hydrogens (tertiary/aromatic N) is 1. The van der Waals surface area contributed by atoms with Gasteiger partial charge in [0.05, 0.1) is 12.2 Å². The number of aromatic nitrogens is 1. The molecular formula is C13H19F2NO2Si. The largest absolute Gasteiger partial charge is 0.409 e. The molecule has 3 nitrogen and oxygen atoms in total. The predicted molar refractivity (Wildman–Crippen MR) is 71.6 cm³/mol. The lowest BCUT2D eigenvalue weighted by molar-refractivity contribution is 0.0905. The third-order valence-electron chi connectivity index (χ3n) is 3.49. The Morgan fingerprint density at radius 2 is 1.89 bits per heavy atom. The first kappa shape index (κ1) is 15.9. The van der Waals surface area contributed by atoms with Crippen molar-refractivity contribution >= 4 is 14.1 Å². The number of halogens is 2. The first-order valence-electron chi connectivity index (χ1n) is 6.04. The van der Waals surface area contributed by atoms with E-state index in [9.17, 15) is 13.6 Å². The summed E-state index contributed by atoms with van der Waals surface area (Å²) in [6.45, 7) is 9.93. The lowest BCUT2D eigenvalue weighted by Crippen LogP contribution is -2.42. The quantitative estimate of drug-likeness (QED) is 0.483. The van der Waals surface area contributed by atoms with Gasteiger partial charge in [-0.05, 0) is 30.3 Å². The number of pyridine rings is 1. The van der Waals surface area contributed by atoms with Gasteiger partial charge in [0.1, 0.15) is 0 Å². The van der Waals surface area contributed by atoms with Crippen molar-refractivity contribution in [3.8, 4) is 0 Å². The van der Waals surface area contributed by atoms with Gasteiger partial charge in [-0.25, -0.2) is 0 Å². The van der Waals surface area contributed by atoms with Crippen LogP contribution in [0.1, 0.15) is 31.1 Å². The summed E-state index contributed by atoms with van der Waals surface area (Å²) in [6.07, 6.45) is 0. The lowest BCUT2D eigenvalue weighted by atomic mass is 10.2. The van der Waals surface area contributed by atoms with Crippen molar-refractivity contribution in [3.63, 3.8) is 0 Å². The molecule has 19 heavy (non-hydrogen) atoms. The van der Waals surface area contributed by atoms with Crippen molar-refractivity contribution in [2.24, 2.45) is 0 Å². The second-order valence-electron chi connectivity index (χ2n) is 5.94. The maximum Gasteiger partial charge on any atom is 0.226 e. The van der Waals surface area contributed by atoms with Crippen LogP contribution in [0.2, 0.25) is 18.1 Å². The summed E-state index contributed by atoms with van der Waals surface area (Å²) >= 11 is 0. The number of rotatable bonds is 4. The highest BCUT2D eigenvalue weighted by Crippen LogP contribution is 2.36. The average Bonchev–Trinajstić information content (AvgIpc) is 2.24. The molecule has 1 aromatic rings. The van der Waals surface area contributed by atoms with E-state index < -0.39 is 26.0 Å². The van der Waals surface area contributed by atoms with Crippen LogP contribution in [0.15, 0.2) is 12.1 Å². The Hall–Kier alpha value is -1.14. The van der Waals surface area contributed by atoms with Crippen LogP contribution < -0.4 is 0 Å². The fraction of sp³-hybridized carbons (Fsp3) is 0.538. The third kappa shape index (κ3) is 3.91. The van der Waals surface area contributed by atoms with Gasteiger partial charge in [0.25, 0.3) is 0 Å². The molecule has 1 aromatic heterocycles. The monoisotopic (exact) mass is 287 g/mol. The Kier molecular flexibility index (Phi) is 4.57. The second kappa shape index (κ2) is 5.46. The molecule has 0 aliphatic carbocycles. The Morgan fingerprint density at radius 1 is 1.32 bits per heavy atom. The van der Waals surface area contributed by atoms with Crippen LogP contribution in [0.25, 0.3) is 0 Å². The lowest BCUT2D eigenvalue weighted by Gasteiger charge is -2.35. The van der Waals surface area contributed by atoms with Crippen LogP contribution in [0, 0.1) is 11.9 Å². The molecule has 0 amide bonds. The van der Waals surface area contributed by atoms with Crippen molar-refractivity contribution in [1.29, 1.82) is 0 Å². The maximum absolute atomic E-state index is 13.3. The highest BCUT2D eigenvalue weighted by Gasteiger charge is 2.37. The van der Waals surface area contributed by atoms with Crippen molar-refractivity contribution in [2.75, 3.05) is 6.61 Å². The van der Waals surface area contributed by atoms with Crippen LogP contribution in [0.5, 0.6) is 0 Å². The van der Waals surface area contributed by atoms with Crippen LogP contribution in [0.4, 0.5) is 8.78 Å². The molecule has 6 heteroatoms. The Morgan fingerprint density at radius 3 is 2.37 bits per heavy atom. The summed E-state index contributed by atoms with van der Waals surface area (Å²) in [5.41, 5.74) is -0.236. The minimum atomic E-state index is -2.07. The van der Waals surface area contributed by atoms with Crippen molar-refractivity contribution in [1.82, 2.24) is 4.98 Å². The van der Waals surface area contributed by atoms with E-state index in [0.717, 1.165) is 12.1 Å². The Bertz CT molecular complexity index is 484. The molecule has 0 unspecified atom stereocenters. The van der Waals surface area contributed by atoms with Gasteiger partial charge in [0, 0.05) is 0 Å². The van der Waals surface area contributed by atoms with Gasteiger partial charge in [-0.2, -0.15) is 13.8 Å². The highest BCUT2D eigenvalue weighted by molar-refractivity contribution is 6.74. The van der Waals surface area contributed by atoms with Crippen molar-refractivity contribution in [2.45, 2.75) is 38.9 Å². The second-order valence-corrected chi connectivity index (χ2v) is 10.8. The van der Waals surface area contributed by atoms with Crippen LogP contribution in [0.3, 0.4) is 0 Å². The van der Waals surface area contributed by atoms with Gasteiger partial charge in [-0.1, -0.05) is 20.8 Å². The van der Waals surface area contributed by atoms with E-state index in [1.165, 1.54) is 0 Å². The zero-order chi connectivity index (χ0) is 14.8. The highest BCUT2D eigenvalue weighted by atomic mass is 28.4. The molecule has 106 valence electrons. The van der Waals surface area contributed by atoms with Gasteiger partial charge in [0.15, 0.2) is 14.1 Å². The molecule has 0 radical (unpaired) electrons. The van der Waals surface area contributed by atoms with Gasteiger partial charge in [0.2, 0.25) is 11.9 Å². The first-order valence-corrected chi connectivity index (χ1v) is 8.94. The topological polar surface area (TPSA) is 39.2 Å². The molecular weight excluding hydrogens is 268 g/mol. The number of carbonyl (C=O) groups is 1. The van der Waals surface area contributed by atoms with Crippen molar-refractivity contribution < 1.29 is 18.0 Å². The van der Waals surface area contributed by atoms with E-state index in [-0.39, 0.29) is 17.2 Å². The van der Waals surface area contributed by atoms with E-state index in [1.54, 1.807) is 0 Å². The number of ketones is 1. The van der Waals surface area contributed by atoms with Crippen molar-refractivity contribution in [3.05, 3.63) is 29.6 Å². The third-order valence-corrected chi connectivity index (χ3v) is 7.96. The van der Waals surface area contributed by atoms with Gasteiger partial charge in [-0.15, -0.1) is 0 Å². The first-order chi connectivity index (χ1) is 8.54. The van der Waals surface area contributed by atoms with E-state index >= 15 is 0 Å². The molecule has 0 N–H and O–H groups in total. The van der Waals surface area contributed by atoms with Gasteiger partial charge in [-0.3, -0.25) is 4.79 Å². The summed E-state index contributed by atoms with van der Waals surface area (Å²) in [7, 11) is -2.07. The average molecular weight is 287 g/mol. The number of carbonyl (C=O) groups excluding carboxylic acids is 1. The van der Waals surface area contributed by atoms with Crippen LogP contribution >= 0.6 is 0 Å². The SMILES string of the molecule is CC(C)(C)[Si](C)(C)OCC(=O)c1ccc(F)nc1F. The summed E-state index contributed by atoms with van der Waals surface area (Å²) in [4.78, 5) is 14.8. The summed E-state index contributed by atoms with van der Waals surface area (Å²) in [5, 5.41) is -0.0349. The minimum absolute atomic E-state index is 0.0349. The van der Waals surface area contributed by atoms with Crippen LogP contribution in [-0.4, -0.2) is 25.7 Å². The van der Waals surface area contributed by atoms with Gasteiger partial charge < -0.3 is 4.43 Å². The Labute approximate surface area is 113 Å². The zero-order valence-electron chi connectivity index (χ0n) is 11.9. The predicted octanol–water partition coefficient (Wildman–Crippen LogP) is 3.56. The van der Waals surface area contributed by atoms with Gasteiger partial charge >= 0.3 is 0 Å². The zero-order valence-corrected chi connectivity index (χ0v) is 12.9. The molecule has 0 saturated heterocycles. The summed E-state index contributed by atoms with van der Waals surface area (Å²) < 4.78 is 31.7. The molecule has 0 atom stereocenters. The summed E-state index contributed by atoms with van der Waals surface area (Å²) in [6, 6.07) is 2.05. The number of hydrogen-bond donors (Lipinski definition) is 0. The molecule has 0 aromatic carbocycles. The molecule has 0 spiro atoms. The minimum Gasteiger partial charge on any atom is -0.409 e. The van der Waals surface area contributed by atoms with E-state index in [4.69, 9.17) is 4.43 Å². The number of Topliss-reactive ketones (excluding diaryl/α,β-unsaturated/α-hetero) is 1. The fourth-order valence-electron chi connectivity index (χ4n) is 1.16. The number of hydrogen-bond acceptors (Lipinski definition) is 3. The molecule has 0 aliphatic heterocycles. The fourth-order valence-corrected chi connectivity index (χ4v) is 2.09. The molecule has 0 aliphatic rings. The standard InChI is InChI=1S/C13H19F2NO2Si/c1-13(2,3)19(4,5)18-8-10(17)9-6-7-11(14)16-12(9)15/h6-7H,8H2,1-5H3. The van der Waals surface area contributed by atoms with Crippen LogP contribution in [-0.2, 0) is 4.43 Å². The normalized spacial score (nSPS) is 12.6. The molecule has 0 bridgehead atoms. The Balaban J connectivity index is 2.76. The molecule has 1 heterocycles. The van der Waals surface area contributed by atoms with E-state index in [2.05, 4.69) is 4.98 Å². The summed E-state index contributed by atoms with van der Waals surface area (Å²) in [5.74, 6) is -2.56.